The fourth-order valence-corrected chi connectivity index (χ4v) is 1.67. The Labute approximate surface area is 173 Å². The van der Waals surface area contributed by atoms with E-state index in [4.69, 9.17) is 5.73 Å². The number of nitrogens with two attached hydrogens (primary N) is 1. The molecule has 8 heteroatoms. The van der Waals surface area contributed by atoms with Gasteiger partial charge in [0.2, 0.25) is 0 Å². The van der Waals surface area contributed by atoms with Gasteiger partial charge in [0.15, 0.2) is 0 Å². The van der Waals surface area contributed by atoms with Gasteiger partial charge < -0.3 is 21.7 Å². The quantitative estimate of drug-likeness (QED) is 0.244. The van der Waals surface area contributed by atoms with Crippen LogP contribution in [0.15, 0.2) is 0 Å². The molecule has 0 spiro atoms. The van der Waals surface area contributed by atoms with Crippen LogP contribution in [0, 0.1) is 0 Å². The molecular formula is C13H36Br4N4. The third-order valence-corrected chi connectivity index (χ3v) is 2.72. The third kappa shape index (κ3) is 34.2. The van der Waals surface area contributed by atoms with Crippen LogP contribution in [0.5, 0.6) is 0 Å². The standard InChI is InChI=1S/C13H32N4.4BrH/c1-2-15-12-7-13-17-10-5-3-4-9-16-11-6-8-14;;;;/h15-17H,2-14H2,1H3;4*1H. The van der Waals surface area contributed by atoms with Gasteiger partial charge in [0.25, 0.3) is 0 Å². The van der Waals surface area contributed by atoms with Crippen molar-refractivity contribution in [3.05, 3.63) is 0 Å². The molecule has 0 aromatic rings. The number of rotatable bonds is 14. The summed E-state index contributed by atoms with van der Waals surface area (Å²) in [5.74, 6) is 0. The highest BCUT2D eigenvalue weighted by molar-refractivity contribution is 8.93. The van der Waals surface area contributed by atoms with Gasteiger partial charge >= 0.3 is 0 Å². The molecule has 0 aromatic heterocycles. The van der Waals surface area contributed by atoms with Gasteiger partial charge in [-0.05, 0) is 71.5 Å². The smallest absolute Gasteiger partial charge is 0.00368 e. The molecule has 0 atom stereocenters. The van der Waals surface area contributed by atoms with Crippen LogP contribution in [0.25, 0.3) is 0 Å². The van der Waals surface area contributed by atoms with Crippen LogP contribution < -0.4 is 21.7 Å². The first-order valence-electron chi connectivity index (χ1n) is 7.24. The Balaban J connectivity index is -0.000000213. The first-order valence-corrected chi connectivity index (χ1v) is 7.24. The Hall–Kier alpha value is 1.76. The Morgan fingerprint density at radius 2 is 1.00 bits per heavy atom. The molecule has 0 saturated carbocycles. The van der Waals surface area contributed by atoms with Gasteiger partial charge in [0.1, 0.15) is 0 Å². The summed E-state index contributed by atoms with van der Waals surface area (Å²) in [6, 6.07) is 0. The highest BCUT2D eigenvalue weighted by Crippen LogP contribution is 1.92. The molecule has 21 heavy (non-hydrogen) atoms. The van der Waals surface area contributed by atoms with Crippen molar-refractivity contribution in [3.63, 3.8) is 0 Å². The number of unbranched alkanes of at least 4 members (excludes halogenated alkanes) is 2. The lowest BCUT2D eigenvalue weighted by atomic mass is 10.2. The Morgan fingerprint density at radius 1 is 0.571 bits per heavy atom. The normalized spacial score (nSPS) is 8.86. The second kappa shape index (κ2) is 33.4. The van der Waals surface area contributed by atoms with E-state index < -0.39 is 0 Å². The SMILES string of the molecule is Br.Br.Br.Br.CCNCCCNCCCCCNCCCN. The summed E-state index contributed by atoms with van der Waals surface area (Å²) in [6.07, 6.45) is 6.21. The molecule has 0 unspecified atom stereocenters. The van der Waals surface area contributed by atoms with Crippen LogP contribution in [-0.2, 0) is 0 Å². The fraction of sp³-hybridized carbons (Fsp3) is 1.00. The van der Waals surface area contributed by atoms with Crippen molar-refractivity contribution in [1.29, 1.82) is 0 Å². The molecule has 0 aromatic carbocycles. The Morgan fingerprint density at radius 3 is 1.48 bits per heavy atom. The number of halogens is 4. The zero-order valence-corrected chi connectivity index (χ0v) is 20.0. The van der Waals surface area contributed by atoms with Gasteiger partial charge in [-0.2, -0.15) is 0 Å². The molecule has 0 bridgehead atoms. The first kappa shape index (κ1) is 34.2. The summed E-state index contributed by atoms with van der Waals surface area (Å²) < 4.78 is 0. The van der Waals surface area contributed by atoms with Crippen LogP contribution in [0.1, 0.15) is 39.0 Å². The molecule has 0 amide bonds. The second-order valence-corrected chi connectivity index (χ2v) is 4.41. The monoisotopic (exact) mass is 564 g/mol. The van der Waals surface area contributed by atoms with Gasteiger partial charge in [0.05, 0.1) is 0 Å². The van der Waals surface area contributed by atoms with Gasteiger partial charge in [-0.15, -0.1) is 67.9 Å². The van der Waals surface area contributed by atoms with E-state index in [0.717, 1.165) is 52.2 Å². The van der Waals surface area contributed by atoms with Crippen LogP contribution in [0.2, 0.25) is 0 Å². The van der Waals surface area contributed by atoms with Crippen LogP contribution in [0.3, 0.4) is 0 Å². The minimum Gasteiger partial charge on any atom is -0.330 e. The van der Waals surface area contributed by atoms with E-state index in [1.165, 1.54) is 25.7 Å². The van der Waals surface area contributed by atoms with E-state index >= 15 is 0 Å². The molecule has 136 valence electrons. The van der Waals surface area contributed by atoms with Crippen LogP contribution in [0.4, 0.5) is 0 Å². The van der Waals surface area contributed by atoms with Gasteiger partial charge in [-0.1, -0.05) is 13.3 Å². The van der Waals surface area contributed by atoms with Crippen molar-refractivity contribution in [2.45, 2.75) is 39.0 Å². The molecule has 0 rings (SSSR count). The molecule has 0 saturated heterocycles. The van der Waals surface area contributed by atoms with E-state index in [1.54, 1.807) is 0 Å². The molecule has 0 radical (unpaired) electrons. The molecule has 0 aliphatic carbocycles. The topological polar surface area (TPSA) is 62.1 Å². The minimum absolute atomic E-state index is 0. The highest BCUT2D eigenvalue weighted by Gasteiger charge is 1.91. The van der Waals surface area contributed by atoms with Gasteiger partial charge in [-0.25, -0.2) is 0 Å². The predicted octanol–water partition coefficient (Wildman–Crippen LogP) is 3.00. The van der Waals surface area contributed by atoms with E-state index in [9.17, 15) is 0 Å². The number of nitrogens with one attached hydrogen (secondary N) is 3. The van der Waals surface area contributed by atoms with Crippen LogP contribution >= 0.6 is 67.9 Å². The molecule has 4 nitrogen and oxygen atoms in total. The summed E-state index contributed by atoms with van der Waals surface area (Å²) in [6.45, 7) is 9.67. The fourth-order valence-electron chi connectivity index (χ4n) is 1.67. The lowest BCUT2D eigenvalue weighted by molar-refractivity contribution is 0.553. The van der Waals surface area contributed by atoms with Crippen LogP contribution in [-0.4, -0.2) is 45.8 Å². The molecular weight excluding hydrogens is 532 g/mol. The zero-order chi connectivity index (χ0) is 12.6. The summed E-state index contributed by atoms with van der Waals surface area (Å²) in [5.41, 5.74) is 5.42. The van der Waals surface area contributed by atoms with E-state index in [0.29, 0.717) is 0 Å². The maximum Gasteiger partial charge on any atom is -0.00368 e. The average molecular weight is 568 g/mol. The average Bonchev–Trinajstić information content (AvgIpc) is 2.35. The molecule has 0 aliphatic heterocycles. The maximum absolute atomic E-state index is 5.42. The third-order valence-electron chi connectivity index (χ3n) is 2.72. The van der Waals surface area contributed by atoms with E-state index in [2.05, 4.69) is 22.9 Å². The molecule has 0 heterocycles. The first-order chi connectivity index (χ1) is 8.41. The Kier molecular flexibility index (Phi) is 54.3. The second-order valence-electron chi connectivity index (χ2n) is 4.41. The van der Waals surface area contributed by atoms with Crippen molar-refractivity contribution < 1.29 is 0 Å². The summed E-state index contributed by atoms with van der Waals surface area (Å²) >= 11 is 0. The largest absolute Gasteiger partial charge is 0.330 e. The van der Waals surface area contributed by atoms with Gasteiger partial charge in [-0.3, -0.25) is 0 Å². The number of hydrogen-bond donors (Lipinski definition) is 4. The van der Waals surface area contributed by atoms with Crippen molar-refractivity contribution in [1.82, 2.24) is 16.0 Å². The Bertz CT molecular complexity index is 131. The van der Waals surface area contributed by atoms with E-state index in [1.807, 2.05) is 0 Å². The van der Waals surface area contributed by atoms with Crippen molar-refractivity contribution >= 4 is 67.9 Å². The lowest BCUT2D eigenvalue weighted by Gasteiger charge is -2.06. The van der Waals surface area contributed by atoms with Gasteiger partial charge in [0, 0.05) is 0 Å². The zero-order valence-electron chi connectivity index (χ0n) is 13.2. The van der Waals surface area contributed by atoms with Crippen molar-refractivity contribution in [2.75, 3.05) is 45.8 Å². The molecule has 0 fully saturated rings. The molecule has 5 N–H and O–H groups in total. The summed E-state index contributed by atoms with van der Waals surface area (Å²) in [4.78, 5) is 0. The van der Waals surface area contributed by atoms with Crippen molar-refractivity contribution in [2.24, 2.45) is 5.73 Å². The molecule has 0 aliphatic rings. The minimum atomic E-state index is 0. The summed E-state index contributed by atoms with van der Waals surface area (Å²) in [5, 5.41) is 10.2. The highest BCUT2D eigenvalue weighted by atomic mass is 79.9. The lowest BCUT2D eigenvalue weighted by Crippen LogP contribution is -2.23. The predicted molar refractivity (Wildman–Crippen MR) is 118 cm³/mol. The van der Waals surface area contributed by atoms with Crippen molar-refractivity contribution in [3.8, 4) is 0 Å². The summed E-state index contributed by atoms with van der Waals surface area (Å²) in [7, 11) is 0. The van der Waals surface area contributed by atoms with E-state index in [-0.39, 0.29) is 67.9 Å². The number of hydrogen-bond acceptors (Lipinski definition) is 4. The maximum atomic E-state index is 5.42.